The third kappa shape index (κ3) is 4.85. The number of hydrogen-bond acceptors (Lipinski definition) is 0. The van der Waals surface area contributed by atoms with Crippen LogP contribution in [0.5, 0.6) is 0 Å². The summed E-state index contributed by atoms with van der Waals surface area (Å²) < 4.78 is 1.09. The van der Waals surface area contributed by atoms with Crippen molar-refractivity contribution >= 4 is 0 Å². The highest BCUT2D eigenvalue weighted by molar-refractivity contribution is 5.08. The third-order valence-electron chi connectivity index (χ3n) is 3.36. The van der Waals surface area contributed by atoms with Crippen molar-refractivity contribution in [3.8, 4) is 0 Å². The SMILES string of the molecule is CC1=CC(C)C(C[N+](C)(C)C)C(C)C1.[I-]. The Morgan fingerprint density at radius 2 is 1.80 bits per heavy atom. The van der Waals surface area contributed by atoms with Crippen LogP contribution in [0.4, 0.5) is 0 Å². The lowest BCUT2D eigenvalue weighted by atomic mass is 9.74. The number of rotatable bonds is 2. The summed E-state index contributed by atoms with van der Waals surface area (Å²) in [6, 6.07) is 0. The van der Waals surface area contributed by atoms with Gasteiger partial charge < -0.3 is 28.5 Å². The van der Waals surface area contributed by atoms with Gasteiger partial charge in [0.25, 0.3) is 0 Å². The lowest BCUT2D eigenvalue weighted by Gasteiger charge is -2.37. The van der Waals surface area contributed by atoms with E-state index in [0.717, 1.165) is 22.2 Å². The predicted octanol–water partition coefficient (Wildman–Crippen LogP) is -0.0650. The van der Waals surface area contributed by atoms with Crippen molar-refractivity contribution in [2.45, 2.75) is 27.2 Å². The molecule has 0 spiro atoms. The molecule has 0 bridgehead atoms. The van der Waals surface area contributed by atoms with Gasteiger partial charge in [0.15, 0.2) is 0 Å². The van der Waals surface area contributed by atoms with E-state index in [9.17, 15) is 0 Å². The molecule has 0 fully saturated rings. The van der Waals surface area contributed by atoms with E-state index >= 15 is 0 Å². The largest absolute Gasteiger partial charge is 1.00 e. The summed E-state index contributed by atoms with van der Waals surface area (Å²) >= 11 is 0. The first-order valence-electron chi connectivity index (χ1n) is 5.77. The van der Waals surface area contributed by atoms with Crippen LogP contribution in [-0.2, 0) is 0 Å². The highest BCUT2D eigenvalue weighted by Gasteiger charge is 2.30. The van der Waals surface area contributed by atoms with Crippen LogP contribution in [0.1, 0.15) is 27.2 Å². The van der Waals surface area contributed by atoms with Gasteiger partial charge in [0.2, 0.25) is 0 Å². The van der Waals surface area contributed by atoms with Crippen molar-refractivity contribution in [2.24, 2.45) is 17.8 Å². The van der Waals surface area contributed by atoms with Gasteiger partial charge in [-0.05, 0) is 25.2 Å². The normalized spacial score (nSPS) is 31.9. The van der Waals surface area contributed by atoms with Gasteiger partial charge in [-0.25, -0.2) is 0 Å². The minimum Gasteiger partial charge on any atom is -1.00 e. The second-order valence-electron chi connectivity index (χ2n) is 6.19. The molecule has 3 unspecified atom stereocenters. The van der Waals surface area contributed by atoms with E-state index in [4.69, 9.17) is 0 Å². The van der Waals surface area contributed by atoms with Crippen LogP contribution in [0, 0.1) is 17.8 Å². The molecule has 1 aliphatic carbocycles. The number of halogens is 1. The van der Waals surface area contributed by atoms with Crippen LogP contribution >= 0.6 is 0 Å². The number of nitrogens with zero attached hydrogens (tertiary/aromatic N) is 1. The zero-order chi connectivity index (χ0) is 10.9. The summed E-state index contributed by atoms with van der Waals surface area (Å²) in [6.45, 7) is 8.36. The molecule has 1 rings (SSSR count). The molecule has 0 aromatic rings. The van der Waals surface area contributed by atoms with Gasteiger partial charge in [0.1, 0.15) is 0 Å². The van der Waals surface area contributed by atoms with E-state index in [1.807, 2.05) is 0 Å². The maximum Gasteiger partial charge on any atom is 0.0817 e. The fourth-order valence-electron chi connectivity index (χ4n) is 2.80. The van der Waals surface area contributed by atoms with E-state index < -0.39 is 0 Å². The Labute approximate surface area is 113 Å². The molecule has 0 aliphatic heterocycles. The minimum atomic E-state index is 0. The fourth-order valence-corrected chi connectivity index (χ4v) is 2.80. The van der Waals surface area contributed by atoms with E-state index in [0.29, 0.717) is 0 Å². The summed E-state index contributed by atoms with van der Waals surface area (Å²) in [5.74, 6) is 2.47. The van der Waals surface area contributed by atoms with E-state index in [-0.39, 0.29) is 24.0 Å². The molecule has 1 nitrogen and oxygen atoms in total. The molecule has 2 heteroatoms. The smallest absolute Gasteiger partial charge is 0.0817 e. The van der Waals surface area contributed by atoms with Gasteiger partial charge in [-0.15, -0.1) is 0 Å². The topological polar surface area (TPSA) is 0 Å². The van der Waals surface area contributed by atoms with Gasteiger partial charge in [-0.3, -0.25) is 0 Å². The summed E-state index contributed by atoms with van der Waals surface area (Å²) in [4.78, 5) is 0. The van der Waals surface area contributed by atoms with E-state index in [1.54, 1.807) is 5.57 Å². The Kier molecular flexibility index (Phi) is 5.83. The van der Waals surface area contributed by atoms with Crippen LogP contribution in [0.15, 0.2) is 11.6 Å². The van der Waals surface area contributed by atoms with Crippen LogP contribution in [0.25, 0.3) is 0 Å². The molecule has 0 saturated heterocycles. The van der Waals surface area contributed by atoms with Crippen LogP contribution in [-0.4, -0.2) is 32.2 Å². The average Bonchev–Trinajstić information content (AvgIpc) is 1.95. The fraction of sp³-hybridized carbons (Fsp3) is 0.846. The Morgan fingerprint density at radius 3 is 2.20 bits per heavy atom. The Balaban J connectivity index is 0.00000196. The van der Waals surface area contributed by atoms with Crippen LogP contribution < -0.4 is 24.0 Å². The summed E-state index contributed by atoms with van der Waals surface area (Å²) in [7, 11) is 6.89. The molecule has 90 valence electrons. The molecular formula is C13H26IN. The number of allylic oxidation sites excluding steroid dienone is 2. The Hall–Kier alpha value is 0.430. The van der Waals surface area contributed by atoms with Gasteiger partial charge in [-0.1, -0.05) is 25.5 Å². The quantitative estimate of drug-likeness (QED) is 0.379. The Bertz CT molecular complexity index is 227. The first kappa shape index (κ1) is 15.4. The van der Waals surface area contributed by atoms with Crippen molar-refractivity contribution < 1.29 is 28.5 Å². The maximum absolute atomic E-state index is 2.47. The van der Waals surface area contributed by atoms with Crippen molar-refractivity contribution in [1.82, 2.24) is 0 Å². The lowest BCUT2D eigenvalue weighted by Crippen LogP contribution is -3.00. The molecule has 0 aromatic heterocycles. The zero-order valence-electron chi connectivity index (χ0n) is 11.0. The average molecular weight is 323 g/mol. The summed E-state index contributed by atoms with van der Waals surface area (Å²) in [5.41, 5.74) is 1.59. The molecule has 0 heterocycles. The predicted molar refractivity (Wildman–Crippen MR) is 63.1 cm³/mol. The van der Waals surface area contributed by atoms with Crippen molar-refractivity contribution in [3.63, 3.8) is 0 Å². The first-order chi connectivity index (χ1) is 6.29. The maximum atomic E-state index is 2.47. The van der Waals surface area contributed by atoms with Crippen LogP contribution in [0.2, 0.25) is 0 Å². The van der Waals surface area contributed by atoms with E-state index in [1.165, 1.54) is 13.0 Å². The summed E-state index contributed by atoms with van der Waals surface area (Å²) in [5, 5.41) is 0. The number of quaternary nitrogens is 1. The molecule has 0 radical (unpaired) electrons. The molecule has 3 atom stereocenters. The number of hydrogen-bond donors (Lipinski definition) is 0. The molecule has 0 N–H and O–H groups in total. The van der Waals surface area contributed by atoms with Gasteiger partial charge >= 0.3 is 0 Å². The standard InChI is InChI=1S/C13H26N.HI/c1-10-7-11(2)13(12(3)8-10)9-14(4,5)6;/h7,11-13H,8-9H2,1-6H3;1H/q+1;/p-1. The zero-order valence-corrected chi connectivity index (χ0v) is 13.2. The highest BCUT2D eigenvalue weighted by atomic mass is 127. The molecule has 0 aromatic carbocycles. The monoisotopic (exact) mass is 323 g/mol. The third-order valence-corrected chi connectivity index (χ3v) is 3.36. The highest BCUT2D eigenvalue weighted by Crippen LogP contribution is 2.34. The second-order valence-corrected chi connectivity index (χ2v) is 6.19. The molecule has 15 heavy (non-hydrogen) atoms. The van der Waals surface area contributed by atoms with Crippen molar-refractivity contribution in [2.75, 3.05) is 27.7 Å². The van der Waals surface area contributed by atoms with Crippen LogP contribution in [0.3, 0.4) is 0 Å². The van der Waals surface area contributed by atoms with Gasteiger partial charge in [0.05, 0.1) is 27.7 Å². The molecule has 0 amide bonds. The van der Waals surface area contributed by atoms with E-state index in [2.05, 4.69) is 48.0 Å². The summed E-state index contributed by atoms with van der Waals surface area (Å²) in [6.07, 6.45) is 3.77. The van der Waals surface area contributed by atoms with Gasteiger partial charge in [0, 0.05) is 5.92 Å². The first-order valence-corrected chi connectivity index (χ1v) is 5.77. The second kappa shape index (κ2) is 5.67. The molecular weight excluding hydrogens is 297 g/mol. The van der Waals surface area contributed by atoms with Crippen molar-refractivity contribution in [3.05, 3.63) is 11.6 Å². The lowest BCUT2D eigenvalue weighted by molar-refractivity contribution is -0.874. The minimum absolute atomic E-state index is 0. The Morgan fingerprint density at radius 1 is 1.27 bits per heavy atom. The molecule has 0 saturated carbocycles. The molecule has 1 aliphatic rings. The van der Waals surface area contributed by atoms with Gasteiger partial charge in [-0.2, -0.15) is 0 Å². The van der Waals surface area contributed by atoms with Crippen molar-refractivity contribution in [1.29, 1.82) is 0 Å².